The lowest BCUT2D eigenvalue weighted by atomic mass is 9.92. The Morgan fingerprint density at radius 2 is 1.91 bits per heavy atom. The van der Waals surface area contributed by atoms with E-state index >= 15 is 0 Å². The van der Waals surface area contributed by atoms with Crippen LogP contribution in [-0.2, 0) is 17.6 Å². The molecule has 23 heavy (non-hydrogen) atoms. The lowest BCUT2D eigenvalue weighted by Gasteiger charge is -2.19. The fourth-order valence-corrected chi connectivity index (χ4v) is 2.85. The summed E-state index contributed by atoms with van der Waals surface area (Å²) >= 11 is 0. The molecule has 0 bridgehead atoms. The topological polar surface area (TPSA) is 38.3 Å². The first-order valence-corrected chi connectivity index (χ1v) is 7.97. The molecule has 0 spiro atoms. The molecule has 1 N–H and O–H groups in total. The number of rotatable bonds is 4. The van der Waals surface area contributed by atoms with Crippen LogP contribution < -0.4 is 10.1 Å². The molecular weight excluding hydrogens is 293 g/mol. The minimum absolute atomic E-state index is 0.298. The molecule has 1 aliphatic carbocycles. The van der Waals surface area contributed by atoms with Crippen LogP contribution in [0.25, 0.3) is 0 Å². The molecule has 0 saturated carbocycles. The van der Waals surface area contributed by atoms with Crippen molar-refractivity contribution >= 4 is 11.6 Å². The van der Waals surface area contributed by atoms with Gasteiger partial charge in [-0.15, -0.1) is 0 Å². The van der Waals surface area contributed by atoms with Crippen LogP contribution >= 0.6 is 0 Å². The number of fused-ring (bicyclic) bond motifs is 1. The predicted molar refractivity (Wildman–Crippen MR) is 88.2 cm³/mol. The van der Waals surface area contributed by atoms with Gasteiger partial charge in [0.25, 0.3) is 5.91 Å². The van der Waals surface area contributed by atoms with Crippen LogP contribution in [-0.4, -0.2) is 12.0 Å². The normalized spacial score (nSPS) is 14.7. The van der Waals surface area contributed by atoms with Crippen LogP contribution in [0.2, 0.25) is 0 Å². The van der Waals surface area contributed by atoms with Gasteiger partial charge in [-0.05, 0) is 74.1 Å². The number of benzene rings is 2. The Labute approximate surface area is 135 Å². The second-order valence-corrected chi connectivity index (χ2v) is 5.90. The zero-order valence-corrected chi connectivity index (χ0v) is 13.1. The highest BCUT2D eigenvalue weighted by Gasteiger charge is 2.16. The lowest BCUT2D eigenvalue weighted by Crippen LogP contribution is -2.30. The third-order valence-corrected chi connectivity index (χ3v) is 4.09. The van der Waals surface area contributed by atoms with Gasteiger partial charge in [0, 0.05) is 5.69 Å². The van der Waals surface area contributed by atoms with Crippen molar-refractivity contribution in [3.63, 3.8) is 0 Å². The molecule has 1 aliphatic rings. The van der Waals surface area contributed by atoms with Gasteiger partial charge in [0.05, 0.1) is 0 Å². The van der Waals surface area contributed by atoms with E-state index in [1.165, 1.54) is 36.1 Å². The predicted octanol–water partition coefficient (Wildman–Crippen LogP) is 4.11. The van der Waals surface area contributed by atoms with Crippen molar-refractivity contribution < 1.29 is 13.9 Å². The van der Waals surface area contributed by atoms with Gasteiger partial charge in [0.2, 0.25) is 0 Å². The Kier molecular flexibility index (Phi) is 4.60. The van der Waals surface area contributed by atoms with Gasteiger partial charge in [-0.2, -0.15) is 0 Å². The summed E-state index contributed by atoms with van der Waals surface area (Å²) in [6.07, 6.45) is 3.97. The van der Waals surface area contributed by atoms with Crippen LogP contribution in [0.5, 0.6) is 5.75 Å². The van der Waals surface area contributed by atoms with Gasteiger partial charge in [0.15, 0.2) is 6.10 Å². The summed E-state index contributed by atoms with van der Waals surface area (Å²) in [5.74, 6) is 0.0203. The van der Waals surface area contributed by atoms with E-state index < -0.39 is 6.10 Å². The van der Waals surface area contributed by atoms with E-state index in [0.29, 0.717) is 11.4 Å². The standard InChI is InChI=1S/C19H20FNO2/c1-13(19(22)21-17-8-4-7-16(20)12-17)23-18-10-9-14-5-2-3-6-15(14)11-18/h4,7-13H,2-3,5-6H2,1H3,(H,21,22). The first-order chi connectivity index (χ1) is 11.1. The second-order valence-electron chi connectivity index (χ2n) is 5.90. The van der Waals surface area contributed by atoms with Gasteiger partial charge in [-0.3, -0.25) is 4.79 Å². The van der Waals surface area contributed by atoms with Gasteiger partial charge in [-0.1, -0.05) is 12.1 Å². The van der Waals surface area contributed by atoms with Gasteiger partial charge < -0.3 is 10.1 Å². The molecule has 1 unspecified atom stereocenters. The van der Waals surface area contributed by atoms with E-state index in [-0.39, 0.29) is 11.7 Å². The van der Waals surface area contributed by atoms with Crippen molar-refractivity contribution in [2.75, 3.05) is 5.32 Å². The van der Waals surface area contributed by atoms with Crippen molar-refractivity contribution in [1.82, 2.24) is 0 Å². The Bertz CT molecular complexity index is 714. The highest BCUT2D eigenvalue weighted by Crippen LogP contribution is 2.26. The van der Waals surface area contributed by atoms with Crippen molar-refractivity contribution in [2.24, 2.45) is 0 Å². The summed E-state index contributed by atoms with van der Waals surface area (Å²) in [5, 5.41) is 2.66. The van der Waals surface area contributed by atoms with E-state index in [4.69, 9.17) is 4.74 Å². The third-order valence-electron chi connectivity index (χ3n) is 4.09. The highest BCUT2D eigenvalue weighted by atomic mass is 19.1. The molecule has 3 nitrogen and oxygen atoms in total. The van der Waals surface area contributed by atoms with E-state index in [2.05, 4.69) is 11.4 Å². The van der Waals surface area contributed by atoms with Crippen LogP contribution in [0.1, 0.15) is 30.9 Å². The maximum absolute atomic E-state index is 13.1. The number of anilines is 1. The molecular formula is C19H20FNO2. The number of aryl methyl sites for hydroxylation is 2. The fourth-order valence-electron chi connectivity index (χ4n) is 2.85. The van der Waals surface area contributed by atoms with Crippen molar-refractivity contribution in [3.05, 3.63) is 59.4 Å². The quantitative estimate of drug-likeness (QED) is 0.922. The molecule has 120 valence electrons. The third kappa shape index (κ3) is 3.89. The summed E-state index contributed by atoms with van der Waals surface area (Å²) in [5.41, 5.74) is 3.11. The van der Waals surface area contributed by atoms with Crippen LogP contribution in [0, 0.1) is 5.82 Å². The maximum Gasteiger partial charge on any atom is 0.265 e. The van der Waals surface area contributed by atoms with E-state index in [9.17, 15) is 9.18 Å². The van der Waals surface area contributed by atoms with Crippen LogP contribution in [0.4, 0.5) is 10.1 Å². The van der Waals surface area contributed by atoms with Crippen molar-refractivity contribution in [3.8, 4) is 5.75 Å². The minimum Gasteiger partial charge on any atom is -0.481 e. The molecule has 3 rings (SSSR count). The molecule has 0 radical (unpaired) electrons. The maximum atomic E-state index is 13.1. The van der Waals surface area contributed by atoms with Crippen LogP contribution in [0.3, 0.4) is 0 Å². The molecule has 2 aromatic rings. The molecule has 2 aromatic carbocycles. The summed E-state index contributed by atoms with van der Waals surface area (Å²) in [7, 11) is 0. The molecule has 0 heterocycles. The second kappa shape index (κ2) is 6.82. The Morgan fingerprint density at radius 1 is 1.13 bits per heavy atom. The first kappa shape index (κ1) is 15.5. The zero-order chi connectivity index (χ0) is 16.2. The zero-order valence-electron chi connectivity index (χ0n) is 13.1. The van der Waals surface area contributed by atoms with Crippen molar-refractivity contribution in [2.45, 2.75) is 38.7 Å². The van der Waals surface area contributed by atoms with E-state index in [0.717, 1.165) is 12.8 Å². The van der Waals surface area contributed by atoms with Crippen LogP contribution in [0.15, 0.2) is 42.5 Å². The number of carbonyl (C=O) groups is 1. The summed E-state index contributed by atoms with van der Waals surface area (Å²) in [4.78, 5) is 12.2. The Hall–Kier alpha value is -2.36. The van der Waals surface area contributed by atoms with Gasteiger partial charge >= 0.3 is 0 Å². The van der Waals surface area contributed by atoms with Crippen molar-refractivity contribution in [1.29, 1.82) is 0 Å². The molecule has 4 heteroatoms. The smallest absolute Gasteiger partial charge is 0.265 e. The van der Waals surface area contributed by atoms with Gasteiger partial charge in [-0.25, -0.2) is 4.39 Å². The fraction of sp³-hybridized carbons (Fsp3) is 0.316. The molecule has 1 amide bonds. The summed E-state index contributed by atoms with van der Waals surface area (Å²) in [6.45, 7) is 1.69. The monoisotopic (exact) mass is 313 g/mol. The number of ether oxygens (including phenoxy) is 1. The molecule has 0 fully saturated rings. The number of amides is 1. The average molecular weight is 313 g/mol. The highest BCUT2D eigenvalue weighted by molar-refractivity contribution is 5.94. The number of nitrogens with one attached hydrogen (secondary N) is 1. The number of halogens is 1. The largest absolute Gasteiger partial charge is 0.481 e. The number of hydrogen-bond acceptors (Lipinski definition) is 2. The SMILES string of the molecule is CC(Oc1ccc2c(c1)CCCC2)C(=O)Nc1cccc(F)c1. The summed E-state index contributed by atoms with van der Waals surface area (Å²) < 4.78 is 18.9. The first-order valence-electron chi connectivity index (χ1n) is 7.97. The minimum atomic E-state index is -0.653. The summed E-state index contributed by atoms with van der Waals surface area (Å²) in [6, 6.07) is 11.8. The Balaban J connectivity index is 1.64. The average Bonchev–Trinajstić information content (AvgIpc) is 2.54. The van der Waals surface area contributed by atoms with Gasteiger partial charge in [0.1, 0.15) is 11.6 Å². The lowest BCUT2D eigenvalue weighted by molar-refractivity contribution is -0.122. The molecule has 0 aromatic heterocycles. The number of carbonyl (C=O) groups excluding carboxylic acids is 1. The Morgan fingerprint density at radius 3 is 2.70 bits per heavy atom. The molecule has 1 atom stereocenters. The molecule has 0 saturated heterocycles. The van der Waals surface area contributed by atoms with E-state index in [1.807, 2.05) is 12.1 Å². The van der Waals surface area contributed by atoms with E-state index in [1.54, 1.807) is 19.1 Å². The molecule has 0 aliphatic heterocycles. The number of hydrogen-bond donors (Lipinski definition) is 1.